The lowest BCUT2D eigenvalue weighted by molar-refractivity contribution is 0.0951. The average molecular weight is 290 g/mol. The van der Waals surface area contributed by atoms with Crippen LogP contribution in [0.15, 0.2) is 23.8 Å². The van der Waals surface area contributed by atoms with Crippen molar-refractivity contribution in [1.82, 2.24) is 15.3 Å². The van der Waals surface area contributed by atoms with Crippen molar-refractivity contribution in [3.63, 3.8) is 0 Å². The first kappa shape index (κ1) is 14.5. The molecule has 0 bridgehead atoms. The van der Waals surface area contributed by atoms with Gasteiger partial charge in [-0.05, 0) is 18.1 Å². The minimum absolute atomic E-state index is 0.0980. The minimum Gasteiger partial charge on any atom is -0.373 e. The summed E-state index contributed by atoms with van der Waals surface area (Å²) in [5, 5.41) is 5.88. The fourth-order valence-electron chi connectivity index (χ4n) is 1.71. The number of hydrogen-bond donors (Lipinski definition) is 2. The van der Waals surface area contributed by atoms with E-state index in [1.807, 2.05) is 6.07 Å². The Balaban J connectivity index is 2.14. The van der Waals surface area contributed by atoms with Crippen molar-refractivity contribution in [1.29, 1.82) is 0 Å². The SMILES string of the molecule is CNc1cc(C(=O)NCc2cncs2)cc(C(C)C)n1. The van der Waals surface area contributed by atoms with E-state index in [1.165, 1.54) is 11.3 Å². The highest BCUT2D eigenvalue weighted by atomic mass is 32.1. The zero-order chi connectivity index (χ0) is 14.5. The Hall–Kier alpha value is -1.95. The molecule has 106 valence electrons. The van der Waals surface area contributed by atoms with Crippen LogP contribution in [-0.4, -0.2) is 22.9 Å². The second kappa shape index (κ2) is 6.47. The molecular formula is C14H18N4OS. The maximum atomic E-state index is 12.2. The van der Waals surface area contributed by atoms with E-state index in [-0.39, 0.29) is 11.8 Å². The summed E-state index contributed by atoms with van der Waals surface area (Å²) in [6.07, 6.45) is 1.76. The van der Waals surface area contributed by atoms with Gasteiger partial charge in [-0.15, -0.1) is 11.3 Å². The first-order valence-electron chi connectivity index (χ1n) is 6.45. The molecule has 2 aromatic heterocycles. The van der Waals surface area contributed by atoms with E-state index in [0.29, 0.717) is 17.9 Å². The maximum absolute atomic E-state index is 12.2. The Morgan fingerprint density at radius 1 is 1.40 bits per heavy atom. The first-order valence-corrected chi connectivity index (χ1v) is 7.33. The van der Waals surface area contributed by atoms with Gasteiger partial charge in [-0.3, -0.25) is 9.78 Å². The van der Waals surface area contributed by atoms with E-state index >= 15 is 0 Å². The van der Waals surface area contributed by atoms with E-state index in [1.54, 1.807) is 24.8 Å². The molecule has 2 aromatic rings. The summed E-state index contributed by atoms with van der Waals surface area (Å²) >= 11 is 1.53. The van der Waals surface area contributed by atoms with Crippen LogP contribution in [0.4, 0.5) is 5.82 Å². The van der Waals surface area contributed by atoms with E-state index in [0.717, 1.165) is 10.6 Å². The van der Waals surface area contributed by atoms with E-state index in [2.05, 4.69) is 34.4 Å². The summed E-state index contributed by atoms with van der Waals surface area (Å²) in [4.78, 5) is 21.7. The third-order valence-electron chi connectivity index (χ3n) is 2.86. The molecule has 0 saturated heterocycles. The lowest BCUT2D eigenvalue weighted by Gasteiger charge is -2.11. The molecular weight excluding hydrogens is 272 g/mol. The van der Waals surface area contributed by atoms with Crippen LogP contribution in [-0.2, 0) is 6.54 Å². The second-order valence-electron chi connectivity index (χ2n) is 4.72. The summed E-state index contributed by atoms with van der Waals surface area (Å²) < 4.78 is 0. The van der Waals surface area contributed by atoms with Gasteiger partial charge in [-0.2, -0.15) is 0 Å². The van der Waals surface area contributed by atoms with Crippen LogP contribution in [0.25, 0.3) is 0 Å². The number of aromatic nitrogens is 2. The Bertz CT molecular complexity index is 581. The number of nitrogens with zero attached hydrogens (tertiary/aromatic N) is 2. The van der Waals surface area contributed by atoms with Gasteiger partial charge in [0.05, 0.1) is 12.1 Å². The molecule has 2 N–H and O–H groups in total. The molecule has 0 unspecified atom stereocenters. The molecule has 20 heavy (non-hydrogen) atoms. The summed E-state index contributed by atoms with van der Waals surface area (Å²) in [7, 11) is 1.80. The molecule has 0 radical (unpaired) electrons. The normalized spacial score (nSPS) is 10.6. The third-order valence-corrected chi connectivity index (χ3v) is 3.64. The van der Waals surface area contributed by atoms with Crippen molar-refractivity contribution >= 4 is 23.1 Å². The van der Waals surface area contributed by atoms with Crippen molar-refractivity contribution in [3.05, 3.63) is 40.0 Å². The number of rotatable bonds is 5. The number of nitrogens with one attached hydrogen (secondary N) is 2. The Morgan fingerprint density at radius 3 is 2.80 bits per heavy atom. The standard InChI is InChI=1S/C14H18N4OS/c1-9(2)12-4-10(5-13(15-3)18-12)14(19)17-7-11-6-16-8-20-11/h4-6,8-9H,7H2,1-3H3,(H,15,18)(H,17,19). The molecule has 2 rings (SSSR count). The maximum Gasteiger partial charge on any atom is 0.251 e. The zero-order valence-electron chi connectivity index (χ0n) is 11.8. The largest absolute Gasteiger partial charge is 0.373 e. The second-order valence-corrected chi connectivity index (χ2v) is 5.69. The van der Waals surface area contributed by atoms with Crippen LogP contribution in [0.1, 0.15) is 40.7 Å². The van der Waals surface area contributed by atoms with Crippen molar-refractivity contribution in [2.75, 3.05) is 12.4 Å². The van der Waals surface area contributed by atoms with E-state index < -0.39 is 0 Å². The predicted molar refractivity (Wildman–Crippen MR) is 81.2 cm³/mol. The molecule has 0 aliphatic carbocycles. The van der Waals surface area contributed by atoms with Gasteiger partial charge in [0, 0.05) is 29.4 Å². The summed E-state index contributed by atoms with van der Waals surface area (Å²) in [5.74, 6) is 0.884. The molecule has 0 saturated carbocycles. The number of anilines is 1. The quantitative estimate of drug-likeness (QED) is 0.888. The smallest absolute Gasteiger partial charge is 0.251 e. The minimum atomic E-state index is -0.0980. The predicted octanol–water partition coefficient (Wildman–Crippen LogP) is 2.63. The van der Waals surface area contributed by atoms with Crippen LogP contribution in [0.3, 0.4) is 0 Å². The Kier molecular flexibility index (Phi) is 4.68. The highest BCUT2D eigenvalue weighted by Gasteiger charge is 2.11. The Labute approximate surface area is 122 Å². The van der Waals surface area contributed by atoms with Crippen molar-refractivity contribution in [3.8, 4) is 0 Å². The van der Waals surface area contributed by atoms with Crippen LogP contribution in [0.5, 0.6) is 0 Å². The van der Waals surface area contributed by atoms with Gasteiger partial charge >= 0.3 is 0 Å². The molecule has 0 spiro atoms. The number of pyridine rings is 1. The molecule has 0 aliphatic heterocycles. The van der Waals surface area contributed by atoms with Crippen LogP contribution < -0.4 is 10.6 Å². The van der Waals surface area contributed by atoms with Gasteiger partial charge in [-0.1, -0.05) is 13.8 Å². The highest BCUT2D eigenvalue weighted by molar-refractivity contribution is 7.09. The van der Waals surface area contributed by atoms with Gasteiger partial charge < -0.3 is 10.6 Å². The molecule has 0 fully saturated rings. The number of carbonyl (C=O) groups is 1. The topological polar surface area (TPSA) is 66.9 Å². The Morgan fingerprint density at radius 2 is 2.20 bits per heavy atom. The molecule has 0 atom stereocenters. The van der Waals surface area contributed by atoms with Crippen LogP contribution in [0, 0.1) is 0 Å². The fourth-order valence-corrected chi connectivity index (χ4v) is 2.24. The van der Waals surface area contributed by atoms with Gasteiger partial charge in [0.2, 0.25) is 0 Å². The highest BCUT2D eigenvalue weighted by Crippen LogP contribution is 2.17. The first-order chi connectivity index (χ1) is 9.60. The fraction of sp³-hybridized carbons (Fsp3) is 0.357. The lowest BCUT2D eigenvalue weighted by atomic mass is 10.1. The van der Waals surface area contributed by atoms with E-state index in [4.69, 9.17) is 0 Å². The third kappa shape index (κ3) is 3.54. The van der Waals surface area contributed by atoms with Gasteiger partial charge in [0.1, 0.15) is 5.82 Å². The monoisotopic (exact) mass is 290 g/mol. The molecule has 1 amide bonds. The van der Waals surface area contributed by atoms with Crippen molar-refractivity contribution in [2.45, 2.75) is 26.3 Å². The molecule has 5 nitrogen and oxygen atoms in total. The number of thiazole rings is 1. The van der Waals surface area contributed by atoms with Crippen molar-refractivity contribution in [2.24, 2.45) is 0 Å². The summed E-state index contributed by atoms with van der Waals surface area (Å²) in [5.41, 5.74) is 3.28. The van der Waals surface area contributed by atoms with Gasteiger partial charge in [0.25, 0.3) is 5.91 Å². The molecule has 6 heteroatoms. The van der Waals surface area contributed by atoms with Gasteiger partial charge in [0.15, 0.2) is 0 Å². The number of hydrogen-bond acceptors (Lipinski definition) is 5. The average Bonchev–Trinajstić information content (AvgIpc) is 2.97. The molecule has 0 aliphatic rings. The molecule has 0 aromatic carbocycles. The van der Waals surface area contributed by atoms with E-state index in [9.17, 15) is 4.79 Å². The molecule has 2 heterocycles. The summed E-state index contributed by atoms with van der Waals surface area (Å²) in [6.45, 7) is 4.61. The number of amides is 1. The van der Waals surface area contributed by atoms with Crippen LogP contribution >= 0.6 is 11.3 Å². The van der Waals surface area contributed by atoms with Gasteiger partial charge in [-0.25, -0.2) is 4.98 Å². The van der Waals surface area contributed by atoms with Crippen LogP contribution in [0.2, 0.25) is 0 Å². The van der Waals surface area contributed by atoms with Crippen molar-refractivity contribution < 1.29 is 4.79 Å². The lowest BCUT2D eigenvalue weighted by Crippen LogP contribution is -2.23. The summed E-state index contributed by atoms with van der Waals surface area (Å²) in [6, 6.07) is 3.60. The zero-order valence-corrected chi connectivity index (χ0v) is 12.6. The number of carbonyl (C=O) groups excluding carboxylic acids is 1.